The van der Waals surface area contributed by atoms with Gasteiger partial charge in [-0.05, 0) is 36.6 Å². The second-order valence-corrected chi connectivity index (χ2v) is 5.00. The van der Waals surface area contributed by atoms with Crippen molar-refractivity contribution in [2.45, 2.75) is 13.3 Å². The minimum Gasteiger partial charge on any atom is -0.384 e. The van der Waals surface area contributed by atoms with E-state index in [1.165, 1.54) is 11.6 Å². The number of nitro groups is 1. The number of nitro benzene ring substituents is 1. The van der Waals surface area contributed by atoms with Gasteiger partial charge in [-0.1, -0.05) is 29.8 Å². The monoisotopic (exact) mass is 290 g/mol. The van der Waals surface area contributed by atoms with Gasteiger partial charge < -0.3 is 5.32 Å². The smallest absolute Gasteiger partial charge is 0.271 e. The third kappa shape index (κ3) is 3.71. The van der Waals surface area contributed by atoms with Crippen LogP contribution in [0.3, 0.4) is 0 Å². The Morgan fingerprint density at radius 1 is 1.20 bits per heavy atom. The zero-order chi connectivity index (χ0) is 14.5. The van der Waals surface area contributed by atoms with E-state index in [1.807, 2.05) is 31.2 Å². The lowest BCUT2D eigenvalue weighted by Crippen LogP contribution is -2.06. The van der Waals surface area contributed by atoms with Crippen LogP contribution in [0.15, 0.2) is 42.5 Å². The van der Waals surface area contributed by atoms with Crippen molar-refractivity contribution in [2.75, 3.05) is 11.9 Å². The van der Waals surface area contributed by atoms with Gasteiger partial charge in [0.25, 0.3) is 5.69 Å². The van der Waals surface area contributed by atoms with E-state index in [1.54, 1.807) is 12.1 Å². The molecule has 0 aliphatic rings. The maximum absolute atomic E-state index is 10.8. The molecule has 0 bridgehead atoms. The summed E-state index contributed by atoms with van der Waals surface area (Å²) in [4.78, 5) is 10.4. The highest BCUT2D eigenvalue weighted by molar-refractivity contribution is 6.30. The van der Waals surface area contributed by atoms with E-state index in [9.17, 15) is 10.1 Å². The van der Waals surface area contributed by atoms with Gasteiger partial charge in [-0.2, -0.15) is 0 Å². The number of hydrogen-bond donors (Lipinski definition) is 1. The minimum atomic E-state index is -0.385. The molecule has 1 N–H and O–H groups in total. The van der Waals surface area contributed by atoms with Crippen LogP contribution < -0.4 is 5.32 Å². The van der Waals surface area contributed by atoms with Gasteiger partial charge >= 0.3 is 0 Å². The van der Waals surface area contributed by atoms with Crippen LogP contribution in [-0.4, -0.2) is 11.5 Å². The van der Waals surface area contributed by atoms with Crippen molar-refractivity contribution in [3.63, 3.8) is 0 Å². The van der Waals surface area contributed by atoms with Crippen molar-refractivity contribution >= 4 is 23.0 Å². The predicted molar refractivity (Wildman–Crippen MR) is 81.5 cm³/mol. The lowest BCUT2D eigenvalue weighted by molar-refractivity contribution is -0.384. The van der Waals surface area contributed by atoms with Crippen molar-refractivity contribution < 1.29 is 4.92 Å². The highest BCUT2D eigenvalue weighted by Gasteiger charge is 2.08. The Kier molecular flexibility index (Phi) is 4.58. The van der Waals surface area contributed by atoms with Gasteiger partial charge in [0, 0.05) is 29.4 Å². The second kappa shape index (κ2) is 6.39. The fourth-order valence-corrected chi connectivity index (χ4v) is 2.03. The Balaban J connectivity index is 1.98. The van der Waals surface area contributed by atoms with Crippen LogP contribution in [0.4, 0.5) is 11.4 Å². The van der Waals surface area contributed by atoms with Crippen LogP contribution >= 0.6 is 11.6 Å². The summed E-state index contributed by atoms with van der Waals surface area (Å²) >= 11 is 5.83. The maximum Gasteiger partial charge on any atom is 0.271 e. The number of non-ortho nitro benzene ring substituents is 1. The quantitative estimate of drug-likeness (QED) is 0.663. The number of hydrogen-bond acceptors (Lipinski definition) is 3. The third-order valence-corrected chi connectivity index (χ3v) is 3.33. The molecule has 0 saturated carbocycles. The van der Waals surface area contributed by atoms with E-state index in [4.69, 9.17) is 11.6 Å². The molecule has 2 aromatic rings. The highest BCUT2D eigenvalue weighted by atomic mass is 35.5. The average Bonchev–Trinajstić information content (AvgIpc) is 2.43. The van der Waals surface area contributed by atoms with Crippen LogP contribution in [0.5, 0.6) is 0 Å². The Hall–Kier alpha value is -2.07. The standard InChI is InChI=1S/C15H15ClN2O2/c1-11-2-7-14(18(19)20)10-15(11)17-9-8-12-3-5-13(16)6-4-12/h2-7,10,17H,8-9H2,1H3. The van der Waals surface area contributed by atoms with Crippen LogP contribution in [0.2, 0.25) is 5.02 Å². The molecule has 0 aliphatic heterocycles. The zero-order valence-electron chi connectivity index (χ0n) is 11.1. The summed E-state index contributed by atoms with van der Waals surface area (Å²) in [5, 5.41) is 14.7. The van der Waals surface area contributed by atoms with Crippen LogP contribution in [0, 0.1) is 17.0 Å². The molecular weight excluding hydrogens is 276 g/mol. The van der Waals surface area contributed by atoms with E-state index in [0.717, 1.165) is 22.7 Å². The molecule has 0 saturated heterocycles. The largest absolute Gasteiger partial charge is 0.384 e. The molecule has 4 nitrogen and oxygen atoms in total. The summed E-state index contributed by atoms with van der Waals surface area (Å²) in [6, 6.07) is 12.5. The first-order valence-electron chi connectivity index (χ1n) is 6.29. The van der Waals surface area contributed by atoms with Gasteiger partial charge in [0.05, 0.1) is 4.92 Å². The fourth-order valence-electron chi connectivity index (χ4n) is 1.91. The average molecular weight is 291 g/mol. The van der Waals surface area contributed by atoms with Crippen molar-refractivity contribution in [3.8, 4) is 0 Å². The Morgan fingerprint density at radius 3 is 2.55 bits per heavy atom. The highest BCUT2D eigenvalue weighted by Crippen LogP contribution is 2.21. The number of benzene rings is 2. The summed E-state index contributed by atoms with van der Waals surface area (Å²) in [7, 11) is 0. The molecule has 2 rings (SSSR count). The van der Waals surface area contributed by atoms with Gasteiger partial charge in [0.15, 0.2) is 0 Å². The van der Waals surface area contributed by atoms with Gasteiger partial charge in [0.1, 0.15) is 0 Å². The number of halogens is 1. The summed E-state index contributed by atoms with van der Waals surface area (Å²) in [5.74, 6) is 0. The van der Waals surface area contributed by atoms with Crippen LogP contribution in [0.1, 0.15) is 11.1 Å². The molecule has 0 radical (unpaired) electrons. The molecule has 5 heteroatoms. The Morgan fingerprint density at radius 2 is 1.90 bits per heavy atom. The maximum atomic E-state index is 10.8. The van der Waals surface area contributed by atoms with E-state index in [2.05, 4.69) is 5.32 Å². The van der Waals surface area contributed by atoms with Crippen LogP contribution in [-0.2, 0) is 6.42 Å². The number of nitrogens with one attached hydrogen (secondary N) is 1. The second-order valence-electron chi connectivity index (χ2n) is 4.56. The van der Waals surface area contributed by atoms with Gasteiger partial charge in [-0.15, -0.1) is 0 Å². The molecular formula is C15H15ClN2O2. The lowest BCUT2D eigenvalue weighted by Gasteiger charge is -2.09. The van der Waals surface area contributed by atoms with E-state index in [0.29, 0.717) is 6.54 Å². The van der Waals surface area contributed by atoms with E-state index < -0.39 is 0 Å². The normalized spacial score (nSPS) is 10.3. The Labute approximate surface area is 122 Å². The van der Waals surface area contributed by atoms with Crippen LogP contribution in [0.25, 0.3) is 0 Å². The topological polar surface area (TPSA) is 55.2 Å². The molecule has 0 heterocycles. The van der Waals surface area contributed by atoms with Crippen molar-refractivity contribution in [3.05, 3.63) is 68.7 Å². The minimum absolute atomic E-state index is 0.101. The lowest BCUT2D eigenvalue weighted by atomic mass is 10.1. The van der Waals surface area contributed by atoms with E-state index in [-0.39, 0.29) is 10.6 Å². The SMILES string of the molecule is Cc1ccc([N+](=O)[O-])cc1NCCc1ccc(Cl)cc1. The molecule has 0 fully saturated rings. The number of anilines is 1. The first-order valence-corrected chi connectivity index (χ1v) is 6.67. The van der Waals surface area contributed by atoms with Crippen molar-refractivity contribution in [2.24, 2.45) is 0 Å². The van der Waals surface area contributed by atoms with Gasteiger partial charge in [-0.3, -0.25) is 10.1 Å². The van der Waals surface area contributed by atoms with Gasteiger partial charge in [0.2, 0.25) is 0 Å². The van der Waals surface area contributed by atoms with E-state index >= 15 is 0 Å². The summed E-state index contributed by atoms with van der Waals surface area (Å²) in [6.07, 6.45) is 0.833. The first kappa shape index (κ1) is 14.3. The number of rotatable bonds is 5. The number of nitrogens with zero attached hydrogens (tertiary/aromatic N) is 1. The molecule has 0 aromatic heterocycles. The molecule has 2 aromatic carbocycles. The third-order valence-electron chi connectivity index (χ3n) is 3.07. The number of aryl methyl sites for hydroxylation is 1. The molecule has 0 atom stereocenters. The van der Waals surface area contributed by atoms with Crippen molar-refractivity contribution in [1.29, 1.82) is 0 Å². The first-order chi connectivity index (χ1) is 9.56. The molecule has 0 amide bonds. The molecule has 20 heavy (non-hydrogen) atoms. The zero-order valence-corrected chi connectivity index (χ0v) is 11.9. The Bertz CT molecular complexity index is 612. The summed E-state index contributed by atoms with van der Waals surface area (Å²) in [6.45, 7) is 2.64. The molecule has 0 spiro atoms. The van der Waals surface area contributed by atoms with Gasteiger partial charge in [-0.25, -0.2) is 0 Å². The van der Waals surface area contributed by atoms with Crippen molar-refractivity contribution in [1.82, 2.24) is 0 Å². The molecule has 0 aliphatic carbocycles. The predicted octanol–water partition coefficient (Wildman–Crippen LogP) is 4.21. The summed E-state index contributed by atoms with van der Waals surface area (Å²) in [5.41, 5.74) is 3.06. The summed E-state index contributed by atoms with van der Waals surface area (Å²) < 4.78 is 0. The molecule has 104 valence electrons. The molecule has 0 unspecified atom stereocenters. The fraction of sp³-hybridized carbons (Fsp3) is 0.200.